The summed E-state index contributed by atoms with van der Waals surface area (Å²) in [7, 11) is 0. The van der Waals surface area contributed by atoms with E-state index in [1.54, 1.807) is 0 Å². The molecule has 1 fully saturated rings. The van der Waals surface area contributed by atoms with Crippen LogP contribution in [-0.4, -0.2) is 14.5 Å². The average Bonchev–Trinajstić information content (AvgIpc) is 2.85. The van der Waals surface area contributed by atoms with Crippen LogP contribution in [0.3, 0.4) is 0 Å². The van der Waals surface area contributed by atoms with Crippen molar-refractivity contribution < 1.29 is 0 Å². The molecule has 3 rings (SSSR count). The molecule has 0 N–H and O–H groups in total. The molecule has 0 aliphatic heterocycles. The van der Waals surface area contributed by atoms with Crippen molar-refractivity contribution in [2.75, 3.05) is 0 Å². The van der Waals surface area contributed by atoms with Gasteiger partial charge in [0, 0.05) is 12.2 Å². The first-order chi connectivity index (χ1) is 6.95. The third kappa shape index (κ3) is 1.12. The lowest BCUT2D eigenvalue weighted by Crippen LogP contribution is -2.03. The van der Waals surface area contributed by atoms with Gasteiger partial charge in [-0.2, -0.15) is 0 Å². The van der Waals surface area contributed by atoms with Crippen LogP contribution in [-0.2, 0) is 0 Å². The van der Waals surface area contributed by atoms with Crippen molar-refractivity contribution in [1.82, 2.24) is 14.5 Å². The summed E-state index contributed by atoms with van der Waals surface area (Å²) in [5, 5.41) is 0. The zero-order valence-electron chi connectivity index (χ0n) is 8.06. The van der Waals surface area contributed by atoms with Gasteiger partial charge in [-0.1, -0.05) is 12.8 Å². The van der Waals surface area contributed by atoms with Gasteiger partial charge in [-0.3, -0.25) is 0 Å². The van der Waals surface area contributed by atoms with Gasteiger partial charge in [0.1, 0.15) is 5.52 Å². The van der Waals surface area contributed by atoms with Gasteiger partial charge in [-0.25, -0.2) is 9.97 Å². The van der Waals surface area contributed by atoms with Gasteiger partial charge in [0.05, 0.1) is 6.33 Å². The van der Waals surface area contributed by atoms with Gasteiger partial charge in [-0.15, -0.1) is 0 Å². The number of rotatable bonds is 1. The molecule has 3 nitrogen and oxygen atoms in total. The molecule has 72 valence electrons. The van der Waals surface area contributed by atoms with E-state index in [1.165, 1.54) is 25.7 Å². The monoisotopic (exact) mass is 187 g/mol. The lowest BCUT2D eigenvalue weighted by atomic mass is 10.2. The SMILES string of the molecule is c1cnc2c(c1)ncn2C1CCCC1. The van der Waals surface area contributed by atoms with Crippen LogP contribution >= 0.6 is 0 Å². The standard InChI is InChI=1S/C11H13N3/c1-2-5-9(4-1)14-8-13-10-6-3-7-12-11(10)14/h3,6-9H,1-2,4-5H2. The number of hydrogen-bond acceptors (Lipinski definition) is 2. The molecule has 0 saturated heterocycles. The molecule has 0 bridgehead atoms. The maximum Gasteiger partial charge on any atom is 0.160 e. The van der Waals surface area contributed by atoms with Crippen LogP contribution in [0.25, 0.3) is 11.2 Å². The lowest BCUT2D eigenvalue weighted by Gasteiger charge is -2.10. The van der Waals surface area contributed by atoms with E-state index >= 15 is 0 Å². The van der Waals surface area contributed by atoms with E-state index in [4.69, 9.17) is 0 Å². The van der Waals surface area contributed by atoms with E-state index < -0.39 is 0 Å². The second-order valence-electron chi connectivity index (χ2n) is 3.94. The van der Waals surface area contributed by atoms with E-state index in [2.05, 4.69) is 14.5 Å². The highest BCUT2D eigenvalue weighted by molar-refractivity contribution is 5.70. The molecule has 0 aromatic carbocycles. The van der Waals surface area contributed by atoms with Crippen molar-refractivity contribution in [2.45, 2.75) is 31.7 Å². The number of pyridine rings is 1. The molecule has 3 heteroatoms. The van der Waals surface area contributed by atoms with Crippen LogP contribution in [0.15, 0.2) is 24.7 Å². The Kier molecular flexibility index (Phi) is 1.76. The predicted octanol–water partition coefficient (Wildman–Crippen LogP) is 2.55. The largest absolute Gasteiger partial charge is 0.312 e. The third-order valence-corrected chi connectivity index (χ3v) is 3.05. The van der Waals surface area contributed by atoms with Crippen LogP contribution in [0.4, 0.5) is 0 Å². The molecule has 2 heterocycles. The minimum atomic E-state index is 0.634. The summed E-state index contributed by atoms with van der Waals surface area (Å²) in [5.74, 6) is 0. The number of nitrogens with zero attached hydrogens (tertiary/aromatic N) is 3. The molecule has 2 aromatic rings. The molecule has 0 atom stereocenters. The quantitative estimate of drug-likeness (QED) is 0.686. The molecule has 0 unspecified atom stereocenters. The van der Waals surface area contributed by atoms with Gasteiger partial charge in [0.25, 0.3) is 0 Å². The summed E-state index contributed by atoms with van der Waals surface area (Å²) in [6, 6.07) is 4.59. The highest BCUT2D eigenvalue weighted by atomic mass is 15.1. The first kappa shape index (κ1) is 7.97. The summed E-state index contributed by atoms with van der Waals surface area (Å²) in [5.41, 5.74) is 2.05. The second kappa shape index (κ2) is 3.08. The Balaban J connectivity index is 2.11. The van der Waals surface area contributed by atoms with E-state index in [0.29, 0.717) is 6.04 Å². The Bertz CT molecular complexity index is 440. The number of imidazole rings is 1. The average molecular weight is 187 g/mol. The maximum absolute atomic E-state index is 4.39. The van der Waals surface area contributed by atoms with Crippen molar-refractivity contribution in [3.63, 3.8) is 0 Å². The fourth-order valence-corrected chi connectivity index (χ4v) is 2.32. The summed E-state index contributed by atoms with van der Waals surface area (Å²) in [4.78, 5) is 8.75. The van der Waals surface area contributed by atoms with Gasteiger partial charge < -0.3 is 4.57 Å². The van der Waals surface area contributed by atoms with E-state index in [1.807, 2.05) is 24.7 Å². The molecule has 0 radical (unpaired) electrons. The van der Waals surface area contributed by atoms with Crippen molar-refractivity contribution in [1.29, 1.82) is 0 Å². The Morgan fingerprint density at radius 3 is 2.93 bits per heavy atom. The van der Waals surface area contributed by atoms with E-state index in [0.717, 1.165) is 11.2 Å². The fourth-order valence-electron chi connectivity index (χ4n) is 2.32. The molecule has 0 spiro atoms. The highest BCUT2D eigenvalue weighted by Crippen LogP contribution is 2.31. The summed E-state index contributed by atoms with van der Waals surface area (Å²) in [6.45, 7) is 0. The Hall–Kier alpha value is -1.38. The fraction of sp³-hybridized carbons (Fsp3) is 0.455. The number of aromatic nitrogens is 3. The Morgan fingerprint density at radius 1 is 1.21 bits per heavy atom. The molecule has 1 aliphatic rings. The third-order valence-electron chi connectivity index (χ3n) is 3.05. The smallest absolute Gasteiger partial charge is 0.160 e. The van der Waals surface area contributed by atoms with Gasteiger partial charge >= 0.3 is 0 Å². The Labute approximate surface area is 82.8 Å². The molecule has 0 amide bonds. The van der Waals surface area contributed by atoms with Crippen LogP contribution in [0.1, 0.15) is 31.7 Å². The molecular formula is C11H13N3. The lowest BCUT2D eigenvalue weighted by molar-refractivity contribution is 0.529. The van der Waals surface area contributed by atoms with Gasteiger partial charge in [0.2, 0.25) is 0 Å². The molecule has 14 heavy (non-hydrogen) atoms. The minimum Gasteiger partial charge on any atom is -0.312 e. The minimum absolute atomic E-state index is 0.634. The van der Waals surface area contributed by atoms with Crippen LogP contribution in [0.5, 0.6) is 0 Å². The summed E-state index contributed by atoms with van der Waals surface area (Å²) >= 11 is 0. The van der Waals surface area contributed by atoms with Crippen molar-refractivity contribution >= 4 is 11.2 Å². The van der Waals surface area contributed by atoms with Crippen molar-refractivity contribution in [3.05, 3.63) is 24.7 Å². The van der Waals surface area contributed by atoms with Gasteiger partial charge in [-0.05, 0) is 25.0 Å². The highest BCUT2D eigenvalue weighted by Gasteiger charge is 2.18. The Morgan fingerprint density at radius 2 is 2.07 bits per heavy atom. The van der Waals surface area contributed by atoms with Crippen molar-refractivity contribution in [2.24, 2.45) is 0 Å². The van der Waals surface area contributed by atoms with Crippen LogP contribution in [0.2, 0.25) is 0 Å². The first-order valence-electron chi connectivity index (χ1n) is 5.23. The predicted molar refractivity (Wildman–Crippen MR) is 55.0 cm³/mol. The second-order valence-corrected chi connectivity index (χ2v) is 3.94. The zero-order valence-corrected chi connectivity index (χ0v) is 8.06. The topological polar surface area (TPSA) is 30.7 Å². The number of fused-ring (bicyclic) bond motifs is 1. The number of hydrogen-bond donors (Lipinski definition) is 0. The first-order valence-corrected chi connectivity index (χ1v) is 5.23. The van der Waals surface area contributed by atoms with Crippen LogP contribution < -0.4 is 0 Å². The van der Waals surface area contributed by atoms with Crippen molar-refractivity contribution in [3.8, 4) is 0 Å². The normalized spacial score (nSPS) is 18.0. The molecular weight excluding hydrogens is 174 g/mol. The maximum atomic E-state index is 4.39. The molecule has 1 aliphatic carbocycles. The summed E-state index contributed by atoms with van der Waals surface area (Å²) < 4.78 is 2.24. The molecule has 1 saturated carbocycles. The van der Waals surface area contributed by atoms with E-state index in [9.17, 15) is 0 Å². The molecule has 2 aromatic heterocycles. The zero-order chi connectivity index (χ0) is 9.38. The summed E-state index contributed by atoms with van der Waals surface area (Å²) in [6.07, 6.45) is 9.03. The van der Waals surface area contributed by atoms with Crippen LogP contribution in [0, 0.1) is 0 Å². The van der Waals surface area contributed by atoms with Gasteiger partial charge in [0.15, 0.2) is 5.65 Å². The van der Waals surface area contributed by atoms with E-state index in [-0.39, 0.29) is 0 Å².